The van der Waals surface area contributed by atoms with Gasteiger partial charge in [0.2, 0.25) is 10.0 Å². The van der Waals surface area contributed by atoms with Gasteiger partial charge in [-0.15, -0.1) is 0 Å². The van der Waals surface area contributed by atoms with Gasteiger partial charge in [-0.1, -0.05) is 48.9 Å². The van der Waals surface area contributed by atoms with Crippen LogP contribution in [-0.2, 0) is 22.7 Å². The number of hydrogen-bond donors (Lipinski definition) is 2. The minimum absolute atomic E-state index is 0.00422. The maximum absolute atomic E-state index is 14.6. The summed E-state index contributed by atoms with van der Waals surface area (Å²) < 4.78 is 112. The van der Waals surface area contributed by atoms with Crippen LogP contribution in [0.1, 0.15) is 65.2 Å². The highest BCUT2D eigenvalue weighted by Crippen LogP contribution is 2.38. The molecule has 0 bridgehead atoms. The van der Waals surface area contributed by atoms with Crippen LogP contribution in [0.2, 0.25) is 0 Å². The number of amides is 1. The molecular formula is C37H39F6N5O3S. The van der Waals surface area contributed by atoms with E-state index in [4.69, 9.17) is 4.98 Å². The Hall–Kier alpha value is -4.21. The van der Waals surface area contributed by atoms with Crippen LogP contribution in [0, 0.1) is 0 Å². The molecule has 0 spiro atoms. The first-order valence-corrected chi connectivity index (χ1v) is 19.0. The van der Waals surface area contributed by atoms with Gasteiger partial charge in [-0.25, -0.2) is 13.4 Å². The number of halogens is 6. The van der Waals surface area contributed by atoms with E-state index in [9.17, 15) is 39.6 Å². The molecule has 0 unspecified atom stereocenters. The first-order chi connectivity index (χ1) is 24.6. The number of nitrogens with one attached hydrogen (secondary N) is 2. The minimum Gasteiger partial charge on any atom is -0.337 e. The van der Waals surface area contributed by atoms with Crippen molar-refractivity contribution < 1.29 is 39.6 Å². The number of fused-ring (bicyclic) bond motifs is 1. The van der Waals surface area contributed by atoms with Gasteiger partial charge in [0.1, 0.15) is 0 Å². The number of carbonyl (C=O) groups excluding carboxylic acids is 1. The number of sulfonamides is 1. The Kier molecular flexibility index (Phi) is 10.9. The van der Waals surface area contributed by atoms with Crippen LogP contribution in [0.5, 0.6) is 0 Å². The minimum atomic E-state index is -4.91. The lowest BCUT2D eigenvalue weighted by atomic mass is 9.93. The van der Waals surface area contributed by atoms with Gasteiger partial charge < -0.3 is 10.2 Å². The summed E-state index contributed by atoms with van der Waals surface area (Å²) in [6, 6.07) is 13.3. The molecule has 4 aromatic rings. The Morgan fingerprint density at radius 1 is 0.885 bits per heavy atom. The van der Waals surface area contributed by atoms with Gasteiger partial charge in [0.25, 0.3) is 5.91 Å². The highest BCUT2D eigenvalue weighted by atomic mass is 32.2. The Balaban J connectivity index is 1.51. The second-order valence-electron chi connectivity index (χ2n) is 13.5. The van der Waals surface area contributed by atoms with E-state index in [0.29, 0.717) is 19.1 Å². The number of benzene rings is 3. The van der Waals surface area contributed by atoms with E-state index in [1.54, 1.807) is 6.07 Å². The van der Waals surface area contributed by atoms with Crippen LogP contribution in [-0.4, -0.2) is 73.8 Å². The zero-order valence-corrected chi connectivity index (χ0v) is 29.2. The Morgan fingerprint density at radius 3 is 2.21 bits per heavy atom. The van der Waals surface area contributed by atoms with Crippen molar-refractivity contribution in [2.45, 2.75) is 63.1 Å². The first-order valence-electron chi connectivity index (χ1n) is 17.1. The molecule has 1 amide bonds. The van der Waals surface area contributed by atoms with Crippen molar-refractivity contribution in [1.29, 1.82) is 0 Å². The summed E-state index contributed by atoms with van der Waals surface area (Å²) >= 11 is 0. The van der Waals surface area contributed by atoms with Crippen molar-refractivity contribution in [3.8, 4) is 11.3 Å². The number of piperidine rings is 2. The van der Waals surface area contributed by atoms with Gasteiger partial charge in [-0.3, -0.25) is 14.4 Å². The summed E-state index contributed by atoms with van der Waals surface area (Å²) in [4.78, 5) is 23.7. The zero-order valence-electron chi connectivity index (χ0n) is 28.4. The number of pyridine rings is 1. The molecule has 0 saturated carbocycles. The topological polar surface area (TPSA) is 94.6 Å². The number of nitrogens with zero attached hydrogens (tertiary/aromatic N) is 3. The summed E-state index contributed by atoms with van der Waals surface area (Å²) in [6.45, 7) is 3.17. The smallest absolute Gasteiger partial charge is 0.337 e. The zero-order chi connectivity index (χ0) is 37.3. The maximum Gasteiger partial charge on any atom is 0.416 e. The molecule has 0 radical (unpaired) electrons. The molecule has 2 N–H and O–H groups in total. The lowest BCUT2D eigenvalue weighted by molar-refractivity contribution is -0.155. The van der Waals surface area contributed by atoms with Crippen LogP contribution in [0.3, 0.4) is 0 Å². The highest BCUT2D eigenvalue weighted by molar-refractivity contribution is 7.92. The maximum atomic E-state index is 14.6. The van der Waals surface area contributed by atoms with Crippen LogP contribution >= 0.6 is 0 Å². The van der Waals surface area contributed by atoms with Crippen LogP contribution in [0.25, 0.3) is 22.2 Å². The van der Waals surface area contributed by atoms with Gasteiger partial charge in [-0.2, -0.15) is 26.3 Å². The molecule has 3 aromatic carbocycles. The Morgan fingerprint density at radius 2 is 1.58 bits per heavy atom. The van der Waals surface area contributed by atoms with Gasteiger partial charge in [0.05, 0.1) is 28.6 Å². The van der Waals surface area contributed by atoms with Crippen molar-refractivity contribution in [2.75, 3.05) is 37.2 Å². The van der Waals surface area contributed by atoms with E-state index in [1.165, 1.54) is 61.0 Å². The molecule has 8 nitrogen and oxygen atoms in total. The lowest BCUT2D eigenvalue weighted by Gasteiger charge is -2.40. The van der Waals surface area contributed by atoms with Crippen LogP contribution in [0.15, 0.2) is 72.8 Å². The van der Waals surface area contributed by atoms with Gasteiger partial charge in [0.15, 0.2) is 6.04 Å². The molecule has 52 heavy (non-hydrogen) atoms. The van der Waals surface area contributed by atoms with E-state index in [-0.39, 0.29) is 51.1 Å². The normalized spacial score (nSPS) is 17.6. The quantitative estimate of drug-likeness (QED) is 0.170. The van der Waals surface area contributed by atoms with Crippen molar-refractivity contribution >= 4 is 32.5 Å². The standard InChI is InChI=1S/C37H39F6N5O3S/c1-52(50,51)46-27-13-14-31-29(22-27)32(35(49)45-34(37(41,42)43)24-9-4-2-5-10-24)30(33(44-31)25-11-8-12-26(21-25)36(38,39)40)23-47-19-15-28(16-20-47)48-17-6-3-7-18-48/h2,4-5,8-14,21-22,28,34,46H,3,6-7,15-20,23H2,1H3,(H,45,49)/t34-/m1/s1. The van der Waals surface area contributed by atoms with E-state index < -0.39 is 39.9 Å². The molecule has 3 heterocycles. The molecule has 2 saturated heterocycles. The number of likely N-dealkylation sites (tertiary alicyclic amines) is 2. The molecule has 15 heteroatoms. The molecular weight excluding hydrogens is 708 g/mol. The Labute approximate surface area is 298 Å². The van der Waals surface area contributed by atoms with E-state index in [0.717, 1.165) is 57.2 Å². The summed E-state index contributed by atoms with van der Waals surface area (Å²) in [7, 11) is -3.81. The lowest BCUT2D eigenvalue weighted by Crippen LogP contribution is -2.46. The number of alkyl halides is 6. The molecule has 2 aliphatic heterocycles. The molecule has 2 aliphatic rings. The third-order valence-corrected chi connectivity index (χ3v) is 10.3. The fraction of sp³-hybridized carbons (Fsp3) is 0.405. The van der Waals surface area contributed by atoms with E-state index >= 15 is 0 Å². The molecule has 278 valence electrons. The van der Waals surface area contributed by atoms with Gasteiger partial charge in [0, 0.05) is 34.8 Å². The summed E-state index contributed by atoms with van der Waals surface area (Å²) in [6.07, 6.45) is -3.66. The summed E-state index contributed by atoms with van der Waals surface area (Å²) in [5.41, 5.74) is -1.15. The largest absolute Gasteiger partial charge is 0.416 e. The van der Waals surface area contributed by atoms with Crippen molar-refractivity contribution in [3.63, 3.8) is 0 Å². The van der Waals surface area contributed by atoms with Gasteiger partial charge >= 0.3 is 12.4 Å². The van der Waals surface area contributed by atoms with Crippen LogP contribution in [0.4, 0.5) is 32.0 Å². The highest BCUT2D eigenvalue weighted by Gasteiger charge is 2.43. The molecule has 6 rings (SSSR count). The van der Waals surface area contributed by atoms with Crippen molar-refractivity contribution in [3.05, 3.63) is 95.1 Å². The molecule has 1 aromatic heterocycles. The molecule has 0 aliphatic carbocycles. The van der Waals surface area contributed by atoms with Crippen molar-refractivity contribution in [2.24, 2.45) is 0 Å². The third kappa shape index (κ3) is 8.87. The number of rotatable bonds is 9. The molecule has 1 atom stereocenters. The number of anilines is 1. The SMILES string of the molecule is CS(=O)(=O)Nc1ccc2nc(-c3cccc(C(F)(F)F)c3)c(CN3CCC(N4CCCCC4)CC3)c(C(=O)N[C@H](c3ccccc3)C(F)(F)F)c2c1. The monoisotopic (exact) mass is 747 g/mol. The summed E-state index contributed by atoms with van der Waals surface area (Å²) in [5, 5.41) is 2.19. The predicted molar refractivity (Wildman–Crippen MR) is 187 cm³/mol. The van der Waals surface area contributed by atoms with Gasteiger partial charge in [-0.05, 0) is 87.8 Å². The third-order valence-electron chi connectivity index (χ3n) is 9.66. The second-order valence-corrected chi connectivity index (χ2v) is 15.2. The number of carbonyl (C=O) groups is 1. The molecule has 2 fully saturated rings. The predicted octanol–water partition coefficient (Wildman–Crippen LogP) is 7.78. The van der Waals surface area contributed by atoms with E-state index in [1.807, 2.05) is 4.90 Å². The Bertz CT molecular complexity index is 2010. The summed E-state index contributed by atoms with van der Waals surface area (Å²) in [5.74, 6) is -1.14. The first kappa shape index (κ1) is 37.5. The number of aromatic nitrogens is 1. The fourth-order valence-electron chi connectivity index (χ4n) is 7.23. The average molecular weight is 748 g/mol. The van der Waals surface area contributed by atoms with Crippen molar-refractivity contribution in [1.82, 2.24) is 20.1 Å². The average Bonchev–Trinajstić information content (AvgIpc) is 3.10. The fourth-order valence-corrected chi connectivity index (χ4v) is 7.78. The van der Waals surface area contributed by atoms with E-state index in [2.05, 4.69) is 14.9 Å². The number of hydrogen-bond acceptors (Lipinski definition) is 6. The van der Waals surface area contributed by atoms with Crippen LogP contribution < -0.4 is 10.0 Å². The second kappa shape index (κ2) is 15.0.